The molecule has 1 rings (SSSR count). The van der Waals surface area contributed by atoms with Gasteiger partial charge in [0, 0.05) is 6.04 Å². The molecular weight excluding hydrogens is 218 g/mol. The molecule has 0 radical (unpaired) electrons. The molecule has 0 aromatic heterocycles. The number of amides is 1. The highest BCUT2D eigenvalue weighted by Gasteiger charge is 2.25. The van der Waals surface area contributed by atoms with Gasteiger partial charge in [0.2, 0.25) is 0 Å². The molecule has 0 bridgehead atoms. The van der Waals surface area contributed by atoms with E-state index in [4.69, 9.17) is 4.74 Å². The maximum atomic E-state index is 11.2. The van der Waals surface area contributed by atoms with Crippen molar-refractivity contribution in [3.63, 3.8) is 0 Å². The molecule has 15 heavy (non-hydrogen) atoms. The van der Waals surface area contributed by atoms with Crippen molar-refractivity contribution in [1.82, 2.24) is 5.32 Å². The molecule has 1 aliphatic rings. The van der Waals surface area contributed by atoms with Gasteiger partial charge in [0.1, 0.15) is 9.84 Å². The third-order valence-corrected chi connectivity index (χ3v) is 3.93. The van der Waals surface area contributed by atoms with Crippen molar-refractivity contribution in [1.29, 1.82) is 0 Å². The van der Waals surface area contributed by atoms with Crippen molar-refractivity contribution < 1.29 is 17.9 Å². The van der Waals surface area contributed by atoms with E-state index in [-0.39, 0.29) is 23.7 Å². The fourth-order valence-electron chi connectivity index (χ4n) is 1.45. The van der Waals surface area contributed by atoms with Crippen LogP contribution in [0.3, 0.4) is 0 Å². The van der Waals surface area contributed by atoms with Crippen molar-refractivity contribution in [3.8, 4) is 0 Å². The number of rotatable bonds is 2. The second kappa shape index (κ2) is 4.83. The predicted molar refractivity (Wildman–Crippen MR) is 56.4 cm³/mol. The molecule has 0 aromatic carbocycles. The first kappa shape index (κ1) is 12.3. The topological polar surface area (TPSA) is 72.5 Å². The molecule has 0 unspecified atom stereocenters. The Balaban J connectivity index is 2.33. The van der Waals surface area contributed by atoms with Crippen LogP contribution in [0.5, 0.6) is 0 Å². The summed E-state index contributed by atoms with van der Waals surface area (Å²) in [6.45, 7) is 3.54. The average Bonchev–Trinajstić information content (AvgIpc) is 2.07. The van der Waals surface area contributed by atoms with Crippen LogP contribution in [0.4, 0.5) is 4.79 Å². The summed E-state index contributed by atoms with van der Waals surface area (Å²) in [5.74, 6) is 0.305. The first-order valence-corrected chi connectivity index (χ1v) is 6.89. The van der Waals surface area contributed by atoms with E-state index in [0.717, 1.165) is 0 Å². The molecule has 88 valence electrons. The van der Waals surface area contributed by atoms with Crippen molar-refractivity contribution in [2.75, 3.05) is 11.5 Å². The minimum absolute atomic E-state index is 0.0697. The lowest BCUT2D eigenvalue weighted by Crippen LogP contribution is -2.41. The standard InChI is InChI=1S/C9H17NO4S/c1-7(2)14-9(11)10-8-3-5-15(12,13)6-4-8/h7-8H,3-6H2,1-2H3,(H,10,11). The Morgan fingerprint density at radius 2 is 1.87 bits per heavy atom. The lowest BCUT2D eigenvalue weighted by molar-refractivity contribution is 0.111. The van der Waals surface area contributed by atoms with E-state index in [1.165, 1.54) is 0 Å². The zero-order chi connectivity index (χ0) is 11.5. The van der Waals surface area contributed by atoms with Gasteiger partial charge < -0.3 is 10.1 Å². The van der Waals surface area contributed by atoms with E-state index in [1.54, 1.807) is 13.8 Å². The molecule has 0 aromatic rings. The fraction of sp³-hybridized carbons (Fsp3) is 0.889. The second-order valence-electron chi connectivity index (χ2n) is 4.02. The highest BCUT2D eigenvalue weighted by atomic mass is 32.2. The summed E-state index contributed by atoms with van der Waals surface area (Å²) >= 11 is 0. The van der Waals surface area contributed by atoms with E-state index < -0.39 is 15.9 Å². The van der Waals surface area contributed by atoms with Crippen LogP contribution in [0.25, 0.3) is 0 Å². The molecule has 1 aliphatic heterocycles. The monoisotopic (exact) mass is 235 g/mol. The van der Waals surface area contributed by atoms with Crippen molar-refractivity contribution in [3.05, 3.63) is 0 Å². The number of carbonyl (C=O) groups excluding carboxylic acids is 1. The summed E-state index contributed by atoms with van der Waals surface area (Å²) in [5.41, 5.74) is 0. The molecule has 1 heterocycles. The summed E-state index contributed by atoms with van der Waals surface area (Å²) < 4.78 is 27.1. The minimum Gasteiger partial charge on any atom is -0.447 e. The molecule has 0 saturated carbocycles. The smallest absolute Gasteiger partial charge is 0.407 e. The van der Waals surface area contributed by atoms with Gasteiger partial charge in [-0.2, -0.15) is 0 Å². The Morgan fingerprint density at radius 1 is 1.33 bits per heavy atom. The van der Waals surface area contributed by atoms with Crippen molar-refractivity contribution in [2.24, 2.45) is 0 Å². The summed E-state index contributed by atoms with van der Waals surface area (Å²) in [7, 11) is -2.87. The van der Waals surface area contributed by atoms with Gasteiger partial charge in [-0.3, -0.25) is 0 Å². The van der Waals surface area contributed by atoms with Crippen LogP contribution in [0.2, 0.25) is 0 Å². The number of hydrogen-bond donors (Lipinski definition) is 1. The van der Waals surface area contributed by atoms with Gasteiger partial charge >= 0.3 is 6.09 Å². The normalized spacial score (nSPS) is 21.3. The third kappa shape index (κ3) is 4.51. The molecule has 1 amide bonds. The van der Waals surface area contributed by atoms with Gasteiger partial charge in [-0.25, -0.2) is 13.2 Å². The number of carbonyl (C=O) groups is 1. The van der Waals surface area contributed by atoms with Crippen molar-refractivity contribution in [2.45, 2.75) is 38.8 Å². The Morgan fingerprint density at radius 3 is 2.33 bits per heavy atom. The van der Waals surface area contributed by atoms with Crippen LogP contribution >= 0.6 is 0 Å². The Labute approximate surface area is 90.1 Å². The zero-order valence-electron chi connectivity index (χ0n) is 9.02. The second-order valence-corrected chi connectivity index (χ2v) is 6.33. The number of ether oxygens (including phenoxy) is 1. The SMILES string of the molecule is CC(C)OC(=O)NC1CCS(=O)(=O)CC1. The predicted octanol–water partition coefficient (Wildman–Crippen LogP) is 0.698. The molecule has 0 spiro atoms. The van der Waals surface area contributed by atoms with Gasteiger partial charge in [0.15, 0.2) is 0 Å². The maximum Gasteiger partial charge on any atom is 0.407 e. The van der Waals surface area contributed by atoms with Crippen LogP contribution in [-0.4, -0.2) is 38.2 Å². The number of alkyl carbamates (subject to hydrolysis) is 1. The maximum absolute atomic E-state index is 11.2. The van der Waals surface area contributed by atoms with Gasteiger partial charge in [-0.1, -0.05) is 0 Å². The number of hydrogen-bond acceptors (Lipinski definition) is 4. The van der Waals surface area contributed by atoms with Gasteiger partial charge in [0.05, 0.1) is 17.6 Å². The summed E-state index contributed by atoms with van der Waals surface area (Å²) in [5, 5.41) is 2.66. The average molecular weight is 235 g/mol. The van der Waals surface area contributed by atoms with E-state index in [0.29, 0.717) is 12.8 Å². The van der Waals surface area contributed by atoms with Crippen LogP contribution in [0, 0.1) is 0 Å². The van der Waals surface area contributed by atoms with Crippen LogP contribution < -0.4 is 5.32 Å². The van der Waals surface area contributed by atoms with E-state index in [9.17, 15) is 13.2 Å². The summed E-state index contributed by atoms with van der Waals surface area (Å²) in [6, 6.07) is -0.0697. The van der Waals surface area contributed by atoms with Gasteiger partial charge in [0.25, 0.3) is 0 Å². The highest BCUT2D eigenvalue weighted by molar-refractivity contribution is 7.91. The molecule has 1 saturated heterocycles. The lowest BCUT2D eigenvalue weighted by Gasteiger charge is -2.23. The number of nitrogens with one attached hydrogen (secondary N) is 1. The summed E-state index contributed by atoms with van der Waals surface area (Å²) in [6.07, 6.45) is 0.344. The third-order valence-electron chi connectivity index (χ3n) is 2.22. The molecule has 0 atom stereocenters. The lowest BCUT2D eigenvalue weighted by atomic mass is 10.2. The Bertz CT molecular complexity index is 309. The van der Waals surface area contributed by atoms with Gasteiger partial charge in [-0.05, 0) is 26.7 Å². The molecule has 1 fully saturated rings. The molecule has 5 nitrogen and oxygen atoms in total. The highest BCUT2D eigenvalue weighted by Crippen LogP contribution is 2.12. The molecule has 1 N–H and O–H groups in total. The molecule has 6 heteroatoms. The van der Waals surface area contributed by atoms with Crippen LogP contribution in [0.1, 0.15) is 26.7 Å². The minimum atomic E-state index is -2.87. The van der Waals surface area contributed by atoms with Crippen LogP contribution in [-0.2, 0) is 14.6 Å². The molecule has 0 aliphatic carbocycles. The van der Waals surface area contributed by atoms with E-state index in [1.807, 2.05) is 0 Å². The quantitative estimate of drug-likeness (QED) is 0.764. The molecular formula is C9H17NO4S. The Hall–Kier alpha value is -0.780. The first-order valence-electron chi connectivity index (χ1n) is 5.06. The van der Waals surface area contributed by atoms with Crippen LogP contribution in [0.15, 0.2) is 0 Å². The van der Waals surface area contributed by atoms with Crippen molar-refractivity contribution >= 4 is 15.9 Å². The Kier molecular flexibility index (Phi) is 3.96. The number of sulfone groups is 1. The van der Waals surface area contributed by atoms with E-state index >= 15 is 0 Å². The fourth-order valence-corrected chi connectivity index (χ4v) is 2.94. The largest absolute Gasteiger partial charge is 0.447 e. The van der Waals surface area contributed by atoms with Gasteiger partial charge in [-0.15, -0.1) is 0 Å². The first-order chi connectivity index (χ1) is 6.89. The van der Waals surface area contributed by atoms with E-state index in [2.05, 4.69) is 5.32 Å². The zero-order valence-corrected chi connectivity index (χ0v) is 9.84. The summed E-state index contributed by atoms with van der Waals surface area (Å²) in [4.78, 5) is 11.2.